The van der Waals surface area contributed by atoms with Gasteiger partial charge in [0, 0.05) is 19.1 Å². The molecule has 0 heterocycles. The first-order chi connectivity index (χ1) is 20.4. The zero-order valence-corrected chi connectivity index (χ0v) is 26.9. The molecule has 0 aliphatic heterocycles. The van der Waals surface area contributed by atoms with Gasteiger partial charge in [-0.1, -0.05) is 60.7 Å². The van der Waals surface area contributed by atoms with E-state index in [9.17, 15) is 22.8 Å². The highest BCUT2D eigenvalue weighted by Gasteiger charge is 2.65. The minimum Gasteiger partial charge on any atom is -0.453 e. The number of alkyl halides is 5. The van der Waals surface area contributed by atoms with Gasteiger partial charge in [-0.3, -0.25) is 0 Å². The molecule has 0 saturated carbocycles. The van der Waals surface area contributed by atoms with E-state index in [0.29, 0.717) is 7.11 Å². The van der Waals surface area contributed by atoms with Crippen LogP contribution in [0.5, 0.6) is 0 Å². The van der Waals surface area contributed by atoms with Crippen molar-refractivity contribution in [2.75, 3.05) is 20.3 Å². The first-order valence-electron chi connectivity index (χ1n) is 13.6. The summed E-state index contributed by atoms with van der Waals surface area (Å²) in [6.45, 7) is 2.60. The lowest BCUT2D eigenvalue weighted by molar-refractivity contribution is -0.279. The largest absolute Gasteiger partial charge is 0.453 e. The Morgan fingerprint density at radius 3 is 1.82 bits per heavy atom. The van der Waals surface area contributed by atoms with Crippen molar-refractivity contribution >= 4 is 30.4 Å². The standard InChI is InChI=1S/C29H37F5NO7PS/c1-7-39-43(44,40-8-2)27(30,31)19-22(35-25(37)42-26(3,4)5)23(20-15-11-9-12-16-20)41-24(36)28(38-6,29(32,33)34)21-17-13-10-14-18-21/h9-18,22-23H,7-8,19H2,1-6H3,(H,35,37)/t22-,23+,28+/m1/s1. The number of methoxy groups -OCH3 is 1. The Labute approximate surface area is 258 Å². The summed E-state index contributed by atoms with van der Waals surface area (Å²) < 4.78 is 102. The van der Waals surface area contributed by atoms with Crippen molar-refractivity contribution in [3.8, 4) is 0 Å². The second kappa shape index (κ2) is 15.1. The molecule has 246 valence electrons. The van der Waals surface area contributed by atoms with Crippen molar-refractivity contribution in [1.29, 1.82) is 0 Å². The fraction of sp³-hybridized carbons (Fsp3) is 0.517. The maximum absolute atomic E-state index is 16.0. The predicted octanol–water partition coefficient (Wildman–Crippen LogP) is 7.63. The number of carbonyl (C=O) groups is 2. The SMILES string of the molecule is CCOP(=S)(OCC)C(F)(F)C[C@@H](NC(=O)OC(C)(C)C)[C@@H](OC(=O)[C@@](OC)(c1ccccc1)C(F)(F)F)c1ccccc1. The molecular weight excluding hydrogens is 632 g/mol. The number of benzene rings is 2. The van der Waals surface area contributed by atoms with Crippen LogP contribution in [0.3, 0.4) is 0 Å². The number of amides is 1. The molecule has 44 heavy (non-hydrogen) atoms. The van der Waals surface area contributed by atoms with E-state index in [1.165, 1.54) is 77.1 Å². The number of alkyl carbamates (subject to hydrolysis) is 1. The molecule has 2 rings (SSSR count). The summed E-state index contributed by atoms with van der Waals surface area (Å²) in [6.07, 6.45) is -9.83. The van der Waals surface area contributed by atoms with Gasteiger partial charge in [0.15, 0.2) is 0 Å². The average Bonchev–Trinajstić information content (AvgIpc) is 2.91. The number of hydrogen-bond acceptors (Lipinski definition) is 8. The van der Waals surface area contributed by atoms with Gasteiger partial charge in [-0.05, 0) is 52.0 Å². The lowest BCUT2D eigenvalue weighted by Crippen LogP contribution is -2.53. The van der Waals surface area contributed by atoms with Crippen LogP contribution in [-0.2, 0) is 45.5 Å². The lowest BCUT2D eigenvalue weighted by Gasteiger charge is -2.37. The van der Waals surface area contributed by atoms with Gasteiger partial charge in [0.1, 0.15) is 11.7 Å². The van der Waals surface area contributed by atoms with E-state index in [0.717, 1.165) is 12.1 Å². The van der Waals surface area contributed by atoms with Gasteiger partial charge in [0.05, 0.1) is 19.3 Å². The third-order valence-electron chi connectivity index (χ3n) is 6.07. The van der Waals surface area contributed by atoms with Crippen LogP contribution < -0.4 is 5.32 Å². The normalized spacial score (nSPS) is 15.5. The predicted molar refractivity (Wildman–Crippen MR) is 157 cm³/mol. The van der Waals surface area contributed by atoms with Crippen LogP contribution >= 0.6 is 6.49 Å². The summed E-state index contributed by atoms with van der Waals surface area (Å²) in [5.41, 5.74) is -9.33. The third-order valence-corrected chi connectivity index (χ3v) is 9.68. The molecule has 8 nitrogen and oxygen atoms in total. The van der Waals surface area contributed by atoms with Crippen molar-refractivity contribution in [2.24, 2.45) is 0 Å². The minimum absolute atomic E-state index is 0.0148. The van der Waals surface area contributed by atoms with Gasteiger partial charge in [-0.25, -0.2) is 9.59 Å². The maximum Gasteiger partial charge on any atom is 0.432 e. The monoisotopic (exact) mass is 669 g/mol. The summed E-state index contributed by atoms with van der Waals surface area (Å²) in [4.78, 5) is 26.6. The molecule has 15 heteroatoms. The highest BCUT2D eigenvalue weighted by molar-refractivity contribution is 8.10. The smallest absolute Gasteiger partial charge is 0.432 e. The Balaban J connectivity index is 2.74. The molecule has 0 fully saturated rings. The summed E-state index contributed by atoms with van der Waals surface area (Å²) >= 11 is 5.13. The Morgan fingerprint density at radius 2 is 1.39 bits per heavy atom. The van der Waals surface area contributed by atoms with Gasteiger partial charge in [-0.2, -0.15) is 22.0 Å². The average molecular weight is 670 g/mol. The Hall–Kier alpha value is -2.64. The molecule has 1 N–H and O–H groups in total. The fourth-order valence-corrected chi connectivity index (χ4v) is 6.65. The van der Waals surface area contributed by atoms with Gasteiger partial charge in [-0.15, -0.1) is 0 Å². The quantitative estimate of drug-likeness (QED) is 0.125. The zero-order chi connectivity index (χ0) is 33.4. The zero-order valence-electron chi connectivity index (χ0n) is 25.2. The number of halogens is 5. The lowest BCUT2D eigenvalue weighted by atomic mass is 9.92. The molecular formula is C29H37F5NO7PS. The summed E-state index contributed by atoms with van der Waals surface area (Å²) in [7, 11) is 0.671. The van der Waals surface area contributed by atoms with E-state index in [-0.39, 0.29) is 18.8 Å². The van der Waals surface area contributed by atoms with Crippen LogP contribution in [0.15, 0.2) is 60.7 Å². The molecule has 0 spiro atoms. The van der Waals surface area contributed by atoms with Crippen LogP contribution in [0, 0.1) is 0 Å². The molecule has 0 aliphatic carbocycles. The van der Waals surface area contributed by atoms with Crippen molar-refractivity contribution in [3.63, 3.8) is 0 Å². The molecule has 1 amide bonds. The number of nitrogens with one attached hydrogen (secondary N) is 1. The van der Waals surface area contributed by atoms with Crippen molar-refractivity contribution in [3.05, 3.63) is 71.8 Å². The van der Waals surface area contributed by atoms with Crippen LogP contribution in [0.25, 0.3) is 0 Å². The fourth-order valence-electron chi connectivity index (χ4n) is 4.25. The molecule has 2 aromatic rings. The summed E-state index contributed by atoms with van der Waals surface area (Å²) in [6, 6.07) is 11.2. The molecule has 2 aromatic carbocycles. The molecule has 0 unspecified atom stereocenters. The molecule has 0 aromatic heterocycles. The second-order valence-electron chi connectivity index (χ2n) is 10.4. The third kappa shape index (κ3) is 8.97. The van der Waals surface area contributed by atoms with E-state index >= 15 is 8.78 Å². The Kier molecular flexibility index (Phi) is 12.9. The molecule has 0 radical (unpaired) electrons. The van der Waals surface area contributed by atoms with E-state index in [1.807, 2.05) is 0 Å². The number of esters is 1. The summed E-state index contributed by atoms with van der Waals surface area (Å²) in [5.74, 6) is -1.96. The first-order valence-corrected chi connectivity index (χ1v) is 16.2. The molecule has 0 aliphatic rings. The van der Waals surface area contributed by atoms with E-state index in [1.54, 1.807) is 6.07 Å². The minimum atomic E-state index is -5.36. The number of ether oxygens (including phenoxy) is 3. The Bertz CT molecular complexity index is 1270. The van der Waals surface area contributed by atoms with Gasteiger partial charge < -0.3 is 28.6 Å². The van der Waals surface area contributed by atoms with E-state index in [2.05, 4.69) is 5.32 Å². The van der Waals surface area contributed by atoms with E-state index in [4.69, 9.17) is 35.1 Å². The molecule has 0 bridgehead atoms. The van der Waals surface area contributed by atoms with Crippen LogP contribution in [0.1, 0.15) is 58.3 Å². The van der Waals surface area contributed by atoms with E-state index < -0.39 is 65.7 Å². The summed E-state index contributed by atoms with van der Waals surface area (Å²) in [5, 5.41) is 2.26. The van der Waals surface area contributed by atoms with Gasteiger partial charge >= 0.3 is 23.9 Å². The number of rotatable bonds is 14. The molecule has 0 saturated heterocycles. The highest BCUT2D eigenvalue weighted by Crippen LogP contribution is 2.64. The number of carbonyl (C=O) groups excluding carboxylic acids is 2. The van der Waals surface area contributed by atoms with Crippen LogP contribution in [0.2, 0.25) is 0 Å². The number of hydrogen-bond donors (Lipinski definition) is 1. The van der Waals surface area contributed by atoms with Crippen LogP contribution in [0.4, 0.5) is 26.7 Å². The highest BCUT2D eigenvalue weighted by atomic mass is 32.5. The molecule has 3 atom stereocenters. The van der Waals surface area contributed by atoms with Crippen molar-refractivity contribution < 1.29 is 54.8 Å². The van der Waals surface area contributed by atoms with Crippen molar-refractivity contribution in [2.45, 2.75) is 76.2 Å². The van der Waals surface area contributed by atoms with Gasteiger partial charge in [0.25, 0.3) is 12.1 Å². The topological polar surface area (TPSA) is 92.3 Å². The maximum atomic E-state index is 16.0. The second-order valence-corrected chi connectivity index (χ2v) is 14.0. The first kappa shape index (κ1) is 37.5. The van der Waals surface area contributed by atoms with Gasteiger partial charge in [0.2, 0.25) is 0 Å². The Morgan fingerprint density at radius 1 is 0.886 bits per heavy atom. The van der Waals surface area contributed by atoms with Crippen molar-refractivity contribution in [1.82, 2.24) is 5.32 Å². The van der Waals surface area contributed by atoms with Crippen LogP contribution in [-0.4, -0.2) is 55.9 Å².